The van der Waals surface area contributed by atoms with Crippen LogP contribution in [0.2, 0.25) is 0 Å². The Morgan fingerprint density at radius 2 is 2.16 bits per heavy atom. The van der Waals surface area contributed by atoms with Gasteiger partial charge in [0.15, 0.2) is 0 Å². The van der Waals surface area contributed by atoms with Crippen molar-refractivity contribution < 1.29 is 4.79 Å². The number of rotatable bonds is 5. The van der Waals surface area contributed by atoms with Gasteiger partial charge in [-0.2, -0.15) is 0 Å². The number of likely N-dealkylation sites (tertiary alicyclic amines) is 1. The highest BCUT2D eigenvalue weighted by atomic mass is 16.2. The van der Waals surface area contributed by atoms with Gasteiger partial charge in [-0.15, -0.1) is 0 Å². The molecule has 4 heteroatoms. The lowest BCUT2D eigenvalue weighted by atomic mass is 10.1. The molecule has 3 atom stereocenters. The van der Waals surface area contributed by atoms with Gasteiger partial charge >= 0.3 is 0 Å². The van der Waals surface area contributed by atoms with Crippen LogP contribution in [-0.2, 0) is 4.79 Å². The fourth-order valence-electron chi connectivity index (χ4n) is 3.46. The van der Waals surface area contributed by atoms with Crippen molar-refractivity contribution in [2.24, 2.45) is 5.92 Å². The van der Waals surface area contributed by atoms with Gasteiger partial charge in [-0.25, -0.2) is 0 Å². The SMILES string of the molecule is CCN1CCCC1CN1C(=O)C(C)NC1CC(C)C. The number of hydrogen-bond acceptors (Lipinski definition) is 3. The van der Waals surface area contributed by atoms with Crippen molar-refractivity contribution in [3.05, 3.63) is 0 Å². The summed E-state index contributed by atoms with van der Waals surface area (Å²) in [6, 6.07) is 0.552. The van der Waals surface area contributed by atoms with E-state index in [9.17, 15) is 4.79 Å². The molecule has 0 aliphatic carbocycles. The lowest BCUT2D eigenvalue weighted by Gasteiger charge is -2.31. The second-order valence-corrected chi connectivity index (χ2v) is 6.45. The highest BCUT2D eigenvalue weighted by molar-refractivity contribution is 5.83. The third kappa shape index (κ3) is 3.29. The van der Waals surface area contributed by atoms with E-state index in [4.69, 9.17) is 0 Å². The second-order valence-electron chi connectivity index (χ2n) is 6.45. The maximum atomic E-state index is 12.3. The molecule has 2 aliphatic rings. The minimum atomic E-state index is -0.0137. The molecule has 0 aromatic carbocycles. The third-order valence-corrected chi connectivity index (χ3v) is 4.48. The van der Waals surface area contributed by atoms with Gasteiger partial charge in [0.05, 0.1) is 12.2 Å². The Morgan fingerprint density at radius 3 is 2.79 bits per heavy atom. The van der Waals surface area contributed by atoms with E-state index in [1.165, 1.54) is 19.4 Å². The Morgan fingerprint density at radius 1 is 1.42 bits per heavy atom. The highest BCUT2D eigenvalue weighted by Gasteiger charge is 2.38. The van der Waals surface area contributed by atoms with Gasteiger partial charge in [-0.05, 0) is 45.2 Å². The second kappa shape index (κ2) is 6.23. The molecule has 1 N–H and O–H groups in total. The van der Waals surface area contributed by atoms with E-state index in [1.807, 2.05) is 6.92 Å². The number of amides is 1. The maximum Gasteiger partial charge on any atom is 0.240 e. The molecule has 2 saturated heterocycles. The predicted molar refractivity (Wildman–Crippen MR) is 77.8 cm³/mol. The molecule has 0 spiro atoms. The van der Waals surface area contributed by atoms with Crippen LogP contribution in [0.25, 0.3) is 0 Å². The molecule has 0 bridgehead atoms. The quantitative estimate of drug-likeness (QED) is 0.823. The van der Waals surface area contributed by atoms with E-state index < -0.39 is 0 Å². The van der Waals surface area contributed by atoms with E-state index in [0.29, 0.717) is 12.0 Å². The molecule has 0 aromatic heterocycles. The summed E-state index contributed by atoms with van der Waals surface area (Å²) in [7, 11) is 0. The van der Waals surface area contributed by atoms with Crippen LogP contribution in [0.1, 0.15) is 47.0 Å². The van der Waals surface area contributed by atoms with Crippen LogP contribution in [0.3, 0.4) is 0 Å². The molecule has 1 amide bonds. The molecule has 2 rings (SSSR count). The minimum absolute atomic E-state index is 0.0137. The monoisotopic (exact) mass is 267 g/mol. The number of nitrogens with one attached hydrogen (secondary N) is 1. The van der Waals surface area contributed by atoms with Crippen molar-refractivity contribution in [1.29, 1.82) is 0 Å². The van der Waals surface area contributed by atoms with Crippen molar-refractivity contribution in [3.63, 3.8) is 0 Å². The van der Waals surface area contributed by atoms with Crippen LogP contribution >= 0.6 is 0 Å². The van der Waals surface area contributed by atoms with Crippen molar-refractivity contribution in [1.82, 2.24) is 15.1 Å². The first-order chi connectivity index (χ1) is 9.02. The van der Waals surface area contributed by atoms with Gasteiger partial charge in [-0.1, -0.05) is 20.8 Å². The molecular weight excluding hydrogens is 238 g/mol. The average Bonchev–Trinajstić information content (AvgIpc) is 2.89. The van der Waals surface area contributed by atoms with Gasteiger partial charge in [0.2, 0.25) is 5.91 Å². The molecule has 0 radical (unpaired) electrons. The topological polar surface area (TPSA) is 35.6 Å². The van der Waals surface area contributed by atoms with Crippen molar-refractivity contribution >= 4 is 5.91 Å². The lowest BCUT2D eigenvalue weighted by molar-refractivity contribution is -0.130. The summed E-state index contributed by atoms with van der Waals surface area (Å²) in [6.07, 6.45) is 3.80. The summed E-state index contributed by atoms with van der Waals surface area (Å²) < 4.78 is 0. The maximum absolute atomic E-state index is 12.3. The van der Waals surface area contributed by atoms with Gasteiger partial charge < -0.3 is 4.90 Å². The summed E-state index contributed by atoms with van der Waals surface area (Å²) >= 11 is 0. The third-order valence-electron chi connectivity index (χ3n) is 4.48. The Labute approximate surface area is 117 Å². The van der Waals surface area contributed by atoms with Crippen LogP contribution in [-0.4, -0.2) is 53.6 Å². The van der Waals surface area contributed by atoms with Gasteiger partial charge in [0.1, 0.15) is 0 Å². The molecule has 2 heterocycles. The molecule has 0 saturated carbocycles. The molecule has 2 aliphatic heterocycles. The number of carbonyl (C=O) groups is 1. The lowest BCUT2D eigenvalue weighted by Crippen LogP contribution is -2.46. The molecular formula is C15H29N3O. The van der Waals surface area contributed by atoms with Crippen molar-refractivity contribution in [2.45, 2.75) is 65.2 Å². The zero-order valence-corrected chi connectivity index (χ0v) is 12.9. The Hall–Kier alpha value is -0.610. The van der Waals surface area contributed by atoms with Gasteiger partial charge in [-0.3, -0.25) is 15.0 Å². The average molecular weight is 267 g/mol. The van der Waals surface area contributed by atoms with Crippen molar-refractivity contribution in [2.75, 3.05) is 19.6 Å². The summed E-state index contributed by atoms with van der Waals surface area (Å²) in [6.45, 7) is 11.9. The van der Waals surface area contributed by atoms with E-state index in [2.05, 4.69) is 35.9 Å². The molecule has 110 valence electrons. The van der Waals surface area contributed by atoms with Gasteiger partial charge in [0.25, 0.3) is 0 Å². The van der Waals surface area contributed by atoms with E-state index in [0.717, 1.165) is 19.5 Å². The fraction of sp³-hybridized carbons (Fsp3) is 0.933. The largest absolute Gasteiger partial charge is 0.324 e. The minimum Gasteiger partial charge on any atom is -0.324 e. The van der Waals surface area contributed by atoms with Crippen LogP contribution in [0.15, 0.2) is 0 Å². The number of hydrogen-bond donors (Lipinski definition) is 1. The number of nitrogens with zero attached hydrogens (tertiary/aromatic N) is 2. The highest BCUT2D eigenvalue weighted by Crippen LogP contribution is 2.23. The zero-order valence-electron chi connectivity index (χ0n) is 12.9. The predicted octanol–water partition coefficient (Wildman–Crippen LogP) is 1.66. The molecule has 2 fully saturated rings. The van der Waals surface area contributed by atoms with Crippen LogP contribution in [0.4, 0.5) is 0 Å². The Kier molecular flexibility index (Phi) is 4.85. The van der Waals surface area contributed by atoms with Crippen LogP contribution < -0.4 is 5.32 Å². The zero-order chi connectivity index (χ0) is 14.0. The summed E-state index contributed by atoms with van der Waals surface area (Å²) in [5, 5.41) is 3.45. The molecule has 4 nitrogen and oxygen atoms in total. The molecule has 3 unspecified atom stereocenters. The normalized spacial score (nSPS) is 32.8. The van der Waals surface area contributed by atoms with E-state index >= 15 is 0 Å². The van der Waals surface area contributed by atoms with Crippen LogP contribution in [0, 0.1) is 5.92 Å². The Balaban J connectivity index is 2.00. The first kappa shape index (κ1) is 14.8. The fourth-order valence-corrected chi connectivity index (χ4v) is 3.46. The van der Waals surface area contributed by atoms with Crippen molar-refractivity contribution in [3.8, 4) is 0 Å². The first-order valence-electron chi connectivity index (χ1n) is 7.83. The number of carbonyl (C=O) groups excluding carboxylic acids is 1. The standard InChI is InChI=1S/C15H29N3O/c1-5-17-8-6-7-13(17)10-18-14(9-11(2)3)16-12(4)15(18)19/h11-14,16H,5-10H2,1-4H3. The smallest absolute Gasteiger partial charge is 0.240 e. The molecule has 19 heavy (non-hydrogen) atoms. The van der Waals surface area contributed by atoms with Gasteiger partial charge in [0, 0.05) is 12.6 Å². The van der Waals surface area contributed by atoms with E-state index in [1.54, 1.807) is 0 Å². The summed E-state index contributed by atoms with van der Waals surface area (Å²) in [5.41, 5.74) is 0. The Bertz CT molecular complexity index is 319. The number of likely N-dealkylation sites (N-methyl/N-ethyl adjacent to an activating group) is 1. The first-order valence-corrected chi connectivity index (χ1v) is 7.83. The van der Waals surface area contributed by atoms with Crippen LogP contribution in [0.5, 0.6) is 0 Å². The van der Waals surface area contributed by atoms with E-state index in [-0.39, 0.29) is 18.1 Å². The summed E-state index contributed by atoms with van der Waals surface area (Å²) in [5.74, 6) is 0.901. The summed E-state index contributed by atoms with van der Waals surface area (Å²) in [4.78, 5) is 16.9. The molecule has 0 aromatic rings.